The molecule has 5 nitrogen and oxygen atoms in total. The van der Waals surface area contributed by atoms with Crippen LogP contribution >= 0.6 is 0 Å². The molecule has 1 atom stereocenters. The molecule has 1 heterocycles. The maximum Gasteiger partial charge on any atom is 0.335 e. The Morgan fingerprint density at radius 3 is 2.60 bits per heavy atom. The van der Waals surface area contributed by atoms with E-state index in [1.54, 1.807) is 0 Å². The van der Waals surface area contributed by atoms with Crippen LogP contribution in [0.25, 0.3) is 0 Å². The summed E-state index contributed by atoms with van der Waals surface area (Å²) in [6.45, 7) is 7.23. The van der Waals surface area contributed by atoms with E-state index in [0.29, 0.717) is 26.2 Å². The summed E-state index contributed by atoms with van der Waals surface area (Å²) < 4.78 is 15.5. The van der Waals surface area contributed by atoms with Crippen LogP contribution in [0.1, 0.15) is 52.9 Å². The van der Waals surface area contributed by atoms with Crippen molar-refractivity contribution in [3.8, 4) is 0 Å². The molecule has 0 aliphatic carbocycles. The zero-order valence-electron chi connectivity index (χ0n) is 12.8. The first-order chi connectivity index (χ1) is 9.47. The normalized spacial score (nSPS) is 18.9. The molecule has 20 heavy (non-hydrogen) atoms. The van der Waals surface area contributed by atoms with E-state index in [2.05, 4.69) is 0 Å². The number of ether oxygens (including phenoxy) is 3. The van der Waals surface area contributed by atoms with Gasteiger partial charge in [-0.2, -0.15) is 0 Å². The molecular weight excluding hydrogens is 260 g/mol. The van der Waals surface area contributed by atoms with Crippen molar-refractivity contribution >= 4 is 11.9 Å². The van der Waals surface area contributed by atoms with Gasteiger partial charge in [0.25, 0.3) is 0 Å². The first-order valence-electron chi connectivity index (χ1n) is 7.43. The van der Waals surface area contributed by atoms with Crippen molar-refractivity contribution in [2.24, 2.45) is 5.41 Å². The van der Waals surface area contributed by atoms with Gasteiger partial charge in [-0.15, -0.1) is 0 Å². The van der Waals surface area contributed by atoms with Gasteiger partial charge in [-0.3, -0.25) is 4.79 Å². The number of hydrogen-bond donors (Lipinski definition) is 0. The minimum Gasteiger partial charge on any atom is -0.465 e. The van der Waals surface area contributed by atoms with Gasteiger partial charge in [0, 0.05) is 13.0 Å². The fourth-order valence-corrected chi connectivity index (χ4v) is 1.74. The highest BCUT2D eigenvalue weighted by Gasteiger charge is 2.27. The fraction of sp³-hybridized carbons (Fsp3) is 0.867. The van der Waals surface area contributed by atoms with E-state index >= 15 is 0 Å². The Hall–Kier alpha value is -1.10. The van der Waals surface area contributed by atoms with E-state index in [1.165, 1.54) is 0 Å². The van der Waals surface area contributed by atoms with Crippen LogP contribution in [-0.4, -0.2) is 37.9 Å². The molecule has 0 aromatic rings. The predicted molar refractivity (Wildman–Crippen MR) is 74.2 cm³/mol. The quantitative estimate of drug-likeness (QED) is 0.481. The fourth-order valence-electron chi connectivity index (χ4n) is 1.74. The van der Waals surface area contributed by atoms with Crippen LogP contribution in [0.4, 0.5) is 0 Å². The van der Waals surface area contributed by atoms with Crippen LogP contribution in [0.2, 0.25) is 0 Å². The molecule has 0 spiro atoms. The van der Waals surface area contributed by atoms with Crippen molar-refractivity contribution < 1.29 is 23.8 Å². The Kier molecular flexibility index (Phi) is 6.99. The van der Waals surface area contributed by atoms with Gasteiger partial charge >= 0.3 is 11.9 Å². The largest absolute Gasteiger partial charge is 0.465 e. The minimum atomic E-state index is -0.397. The lowest BCUT2D eigenvalue weighted by molar-refractivity contribution is -0.154. The van der Waals surface area contributed by atoms with Gasteiger partial charge in [-0.05, 0) is 39.5 Å². The number of esters is 2. The van der Waals surface area contributed by atoms with Crippen LogP contribution in [0, 0.1) is 5.41 Å². The van der Waals surface area contributed by atoms with Crippen LogP contribution in [0.3, 0.4) is 0 Å². The third-order valence-electron chi connectivity index (χ3n) is 3.66. The van der Waals surface area contributed by atoms with Crippen molar-refractivity contribution in [2.75, 3.05) is 19.8 Å². The van der Waals surface area contributed by atoms with E-state index < -0.39 is 5.41 Å². The van der Waals surface area contributed by atoms with E-state index in [1.807, 2.05) is 20.8 Å². The van der Waals surface area contributed by atoms with Crippen molar-refractivity contribution in [3.63, 3.8) is 0 Å². The second-order valence-electron chi connectivity index (χ2n) is 5.75. The summed E-state index contributed by atoms with van der Waals surface area (Å²) in [4.78, 5) is 22.8. The highest BCUT2D eigenvalue weighted by Crippen LogP contribution is 2.21. The van der Waals surface area contributed by atoms with Crippen LogP contribution in [0.5, 0.6) is 0 Å². The molecule has 5 heteroatoms. The van der Waals surface area contributed by atoms with Gasteiger partial charge in [0.15, 0.2) is 6.10 Å². The number of carbonyl (C=O) groups is 2. The van der Waals surface area contributed by atoms with Gasteiger partial charge in [0.1, 0.15) is 0 Å². The van der Waals surface area contributed by atoms with Crippen LogP contribution in [0.15, 0.2) is 0 Å². The minimum absolute atomic E-state index is 0.134. The van der Waals surface area contributed by atoms with Crippen LogP contribution in [-0.2, 0) is 23.8 Å². The van der Waals surface area contributed by atoms with Crippen molar-refractivity contribution in [1.29, 1.82) is 0 Å². The monoisotopic (exact) mass is 286 g/mol. The van der Waals surface area contributed by atoms with Gasteiger partial charge in [-0.25, -0.2) is 4.79 Å². The first-order valence-corrected chi connectivity index (χ1v) is 7.43. The zero-order chi connectivity index (χ0) is 15.0. The molecule has 0 aromatic carbocycles. The van der Waals surface area contributed by atoms with Crippen molar-refractivity contribution in [2.45, 2.75) is 59.0 Å². The standard InChI is InChI=1S/C15H26O5/c1-4-15(2,3)14(17)20-10-7-5-6-9-18-12-8-11-19-13(12)16/h12H,4-11H2,1-3H3. The SMILES string of the molecule is CCC(C)(C)C(=O)OCCCCCOC1CCOC1=O. The van der Waals surface area contributed by atoms with Gasteiger partial charge < -0.3 is 14.2 Å². The van der Waals surface area contributed by atoms with E-state index in [0.717, 1.165) is 25.7 Å². The summed E-state index contributed by atoms with van der Waals surface area (Å²) >= 11 is 0. The molecule has 1 fully saturated rings. The molecule has 0 N–H and O–H groups in total. The molecule has 0 radical (unpaired) electrons. The topological polar surface area (TPSA) is 61.8 Å². The second-order valence-corrected chi connectivity index (χ2v) is 5.75. The number of unbranched alkanes of at least 4 members (excludes halogenated alkanes) is 2. The van der Waals surface area contributed by atoms with Crippen LogP contribution < -0.4 is 0 Å². The Morgan fingerprint density at radius 1 is 1.30 bits per heavy atom. The maximum atomic E-state index is 11.7. The Labute approximate surface area is 121 Å². The molecule has 1 aliphatic heterocycles. The lowest BCUT2D eigenvalue weighted by atomic mass is 9.91. The maximum absolute atomic E-state index is 11.7. The average molecular weight is 286 g/mol. The van der Waals surface area contributed by atoms with Gasteiger partial charge in [-0.1, -0.05) is 6.92 Å². The average Bonchev–Trinajstić information content (AvgIpc) is 2.83. The molecular formula is C15H26O5. The highest BCUT2D eigenvalue weighted by atomic mass is 16.6. The lowest BCUT2D eigenvalue weighted by Crippen LogP contribution is -2.26. The van der Waals surface area contributed by atoms with Crippen molar-refractivity contribution in [3.05, 3.63) is 0 Å². The Bertz CT molecular complexity index is 324. The summed E-state index contributed by atoms with van der Waals surface area (Å²) in [6, 6.07) is 0. The Balaban J connectivity index is 1.97. The summed E-state index contributed by atoms with van der Waals surface area (Å²) in [6.07, 6.45) is 3.65. The molecule has 0 amide bonds. The summed E-state index contributed by atoms with van der Waals surface area (Å²) in [5.74, 6) is -0.384. The number of hydrogen-bond acceptors (Lipinski definition) is 5. The molecule has 116 valence electrons. The van der Waals surface area contributed by atoms with Gasteiger partial charge in [0.05, 0.1) is 18.6 Å². The van der Waals surface area contributed by atoms with E-state index in [-0.39, 0.29) is 18.0 Å². The van der Waals surface area contributed by atoms with E-state index in [4.69, 9.17) is 14.2 Å². The molecule has 1 saturated heterocycles. The third kappa shape index (κ3) is 5.49. The summed E-state index contributed by atoms with van der Waals surface area (Å²) in [5.41, 5.74) is -0.397. The summed E-state index contributed by atoms with van der Waals surface area (Å²) in [5, 5.41) is 0. The van der Waals surface area contributed by atoms with Crippen molar-refractivity contribution in [1.82, 2.24) is 0 Å². The number of rotatable bonds is 9. The smallest absolute Gasteiger partial charge is 0.335 e. The molecule has 0 bridgehead atoms. The zero-order valence-corrected chi connectivity index (χ0v) is 12.8. The number of cyclic esters (lactones) is 1. The van der Waals surface area contributed by atoms with Gasteiger partial charge in [0.2, 0.25) is 0 Å². The predicted octanol–water partition coefficient (Wildman–Crippen LogP) is 2.47. The molecule has 1 rings (SSSR count). The lowest BCUT2D eigenvalue weighted by Gasteiger charge is -2.20. The van der Waals surface area contributed by atoms with E-state index in [9.17, 15) is 9.59 Å². The summed E-state index contributed by atoms with van der Waals surface area (Å²) in [7, 11) is 0. The highest BCUT2D eigenvalue weighted by molar-refractivity contribution is 5.76. The number of carbonyl (C=O) groups excluding carboxylic acids is 2. The third-order valence-corrected chi connectivity index (χ3v) is 3.66. The Morgan fingerprint density at radius 2 is 2.00 bits per heavy atom. The molecule has 0 aromatic heterocycles. The molecule has 1 unspecified atom stereocenters. The second kappa shape index (κ2) is 8.25. The first kappa shape index (κ1) is 17.0. The molecule has 0 saturated carbocycles. The molecule has 1 aliphatic rings.